The molecule has 2 aliphatic rings. The van der Waals surface area contributed by atoms with E-state index in [1.165, 1.54) is 0 Å². The highest BCUT2D eigenvalue weighted by Gasteiger charge is 2.07. The second kappa shape index (κ2) is 9.38. The molecule has 0 amide bonds. The summed E-state index contributed by atoms with van der Waals surface area (Å²) in [6.45, 7) is 0.580. The van der Waals surface area contributed by atoms with Crippen LogP contribution in [0.3, 0.4) is 0 Å². The number of carbonyl (C=O) groups excluding carboxylic acids is 2. The van der Waals surface area contributed by atoms with Crippen molar-refractivity contribution in [2.24, 2.45) is 0 Å². The first kappa shape index (κ1) is 14.4. The molecular formula is C8H12O4S4. The molecule has 0 spiro atoms. The van der Waals surface area contributed by atoms with Crippen molar-refractivity contribution >= 4 is 55.1 Å². The average Bonchev–Trinajstić information content (AvgIpc) is 2.64. The van der Waals surface area contributed by atoms with Crippen molar-refractivity contribution in [3.63, 3.8) is 0 Å². The van der Waals surface area contributed by atoms with Gasteiger partial charge in [0.15, 0.2) is 0 Å². The quantitative estimate of drug-likeness (QED) is 0.498. The number of cyclic esters (lactones) is 2. The Balaban J connectivity index is 0.000000160. The molecule has 0 bridgehead atoms. The Labute approximate surface area is 110 Å². The average molecular weight is 300 g/mol. The summed E-state index contributed by atoms with van der Waals surface area (Å²) >= 11 is 0. The minimum absolute atomic E-state index is 0.0671. The van der Waals surface area contributed by atoms with Crippen molar-refractivity contribution in [3.05, 3.63) is 0 Å². The molecule has 0 radical (unpaired) electrons. The van der Waals surface area contributed by atoms with Crippen LogP contribution in [0, 0.1) is 0 Å². The van der Waals surface area contributed by atoms with E-state index in [2.05, 4.69) is 0 Å². The standard InChI is InChI=1S/2C4H6O2S2/c5-4-3-8-7-2-1-6-4;5-4-1-2-7-8-3-6-4/h2*1-3H2. The normalized spacial score (nSPS) is 21.8. The van der Waals surface area contributed by atoms with Gasteiger partial charge in [0, 0.05) is 11.5 Å². The lowest BCUT2D eigenvalue weighted by Gasteiger charge is -1.92. The van der Waals surface area contributed by atoms with E-state index in [0.717, 1.165) is 11.5 Å². The van der Waals surface area contributed by atoms with E-state index < -0.39 is 0 Å². The molecule has 2 heterocycles. The fourth-order valence-corrected chi connectivity index (χ4v) is 3.96. The molecule has 0 aromatic rings. The summed E-state index contributed by atoms with van der Waals surface area (Å²) in [7, 11) is 6.54. The Hall–Kier alpha value is 0.340. The summed E-state index contributed by atoms with van der Waals surface area (Å²) in [5, 5.41) is 0. The summed E-state index contributed by atoms with van der Waals surface area (Å²) in [4.78, 5) is 20.9. The van der Waals surface area contributed by atoms with Crippen LogP contribution in [0.15, 0.2) is 0 Å². The lowest BCUT2D eigenvalue weighted by molar-refractivity contribution is -0.141. The third kappa shape index (κ3) is 7.59. The zero-order chi connectivity index (χ0) is 11.6. The Kier molecular flexibility index (Phi) is 8.44. The first-order valence-electron chi connectivity index (χ1n) is 4.59. The van der Waals surface area contributed by atoms with Gasteiger partial charge in [-0.3, -0.25) is 9.59 Å². The van der Waals surface area contributed by atoms with Gasteiger partial charge in [-0.2, -0.15) is 0 Å². The molecule has 0 N–H and O–H groups in total. The lowest BCUT2D eigenvalue weighted by atomic mass is 10.5. The van der Waals surface area contributed by atoms with Gasteiger partial charge in [0.1, 0.15) is 18.3 Å². The van der Waals surface area contributed by atoms with Crippen molar-refractivity contribution in [2.75, 3.05) is 29.8 Å². The van der Waals surface area contributed by atoms with E-state index in [9.17, 15) is 9.59 Å². The van der Waals surface area contributed by atoms with Crippen molar-refractivity contribution in [1.29, 1.82) is 0 Å². The van der Waals surface area contributed by atoms with Gasteiger partial charge >= 0.3 is 11.9 Å². The second-order valence-corrected chi connectivity index (χ2v) is 7.74. The molecule has 2 rings (SSSR count). The Morgan fingerprint density at radius 2 is 1.69 bits per heavy atom. The fourth-order valence-electron chi connectivity index (χ4n) is 0.760. The maximum atomic E-state index is 10.4. The molecule has 2 fully saturated rings. The predicted octanol–water partition coefficient (Wildman–Crippen LogP) is 2.20. The van der Waals surface area contributed by atoms with Crippen LogP contribution in [0.25, 0.3) is 0 Å². The van der Waals surface area contributed by atoms with Crippen LogP contribution in [0.1, 0.15) is 6.42 Å². The second-order valence-electron chi connectivity index (χ2n) is 2.63. The zero-order valence-corrected chi connectivity index (χ0v) is 11.8. The molecule has 8 heteroatoms. The van der Waals surface area contributed by atoms with Crippen LogP contribution >= 0.6 is 43.2 Å². The van der Waals surface area contributed by atoms with Crippen LogP contribution in [0.2, 0.25) is 0 Å². The van der Waals surface area contributed by atoms with E-state index in [-0.39, 0.29) is 11.9 Å². The number of carbonyl (C=O) groups is 2. The Morgan fingerprint density at radius 1 is 0.875 bits per heavy atom. The summed E-state index contributed by atoms with van der Waals surface area (Å²) in [6, 6.07) is 0. The SMILES string of the molecule is O=C1CCSSCO1.O=C1CSSCCO1. The Morgan fingerprint density at radius 3 is 2.56 bits per heavy atom. The molecule has 0 saturated carbocycles. The van der Waals surface area contributed by atoms with Crippen molar-refractivity contribution in [2.45, 2.75) is 6.42 Å². The number of ether oxygens (including phenoxy) is 2. The van der Waals surface area contributed by atoms with Gasteiger partial charge in [-0.15, -0.1) is 0 Å². The van der Waals surface area contributed by atoms with E-state index in [4.69, 9.17) is 9.47 Å². The van der Waals surface area contributed by atoms with Crippen molar-refractivity contribution < 1.29 is 19.1 Å². The molecule has 0 aromatic heterocycles. The van der Waals surface area contributed by atoms with Crippen molar-refractivity contribution in [1.82, 2.24) is 0 Å². The van der Waals surface area contributed by atoms with E-state index in [0.29, 0.717) is 24.7 Å². The smallest absolute Gasteiger partial charge is 0.316 e. The summed E-state index contributed by atoms with van der Waals surface area (Å²) in [5.74, 6) is 2.69. The maximum Gasteiger partial charge on any atom is 0.316 e. The summed E-state index contributed by atoms with van der Waals surface area (Å²) in [5.41, 5.74) is 0. The number of esters is 2. The van der Waals surface area contributed by atoms with Crippen LogP contribution in [0.5, 0.6) is 0 Å². The van der Waals surface area contributed by atoms with E-state index in [1.54, 1.807) is 43.2 Å². The molecule has 0 aliphatic carbocycles. The highest BCUT2D eigenvalue weighted by molar-refractivity contribution is 8.77. The molecule has 0 aromatic carbocycles. The molecule has 4 nitrogen and oxygen atoms in total. The third-order valence-electron chi connectivity index (χ3n) is 1.43. The minimum Gasteiger partial charge on any atom is -0.464 e. The van der Waals surface area contributed by atoms with Crippen LogP contribution in [-0.4, -0.2) is 41.7 Å². The first-order valence-corrected chi connectivity index (χ1v) is 9.57. The molecule has 16 heavy (non-hydrogen) atoms. The topological polar surface area (TPSA) is 52.6 Å². The van der Waals surface area contributed by atoms with Gasteiger partial charge in [-0.25, -0.2) is 0 Å². The van der Waals surface area contributed by atoms with Crippen LogP contribution in [-0.2, 0) is 19.1 Å². The van der Waals surface area contributed by atoms with Gasteiger partial charge in [-0.05, 0) is 0 Å². The molecular weight excluding hydrogens is 288 g/mol. The molecule has 2 aliphatic heterocycles. The van der Waals surface area contributed by atoms with Gasteiger partial charge in [0.05, 0.1) is 6.42 Å². The lowest BCUT2D eigenvalue weighted by Crippen LogP contribution is -2.05. The van der Waals surface area contributed by atoms with Gasteiger partial charge in [0.2, 0.25) is 0 Å². The zero-order valence-electron chi connectivity index (χ0n) is 8.51. The monoisotopic (exact) mass is 300 g/mol. The van der Waals surface area contributed by atoms with Gasteiger partial charge in [0.25, 0.3) is 0 Å². The number of hydrogen-bond acceptors (Lipinski definition) is 8. The minimum atomic E-state index is -0.0833. The summed E-state index contributed by atoms with van der Waals surface area (Å²) in [6.07, 6.45) is 0.567. The third-order valence-corrected chi connectivity index (χ3v) is 5.68. The number of hydrogen-bond donors (Lipinski definition) is 0. The summed E-state index contributed by atoms with van der Waals surface area (Å²) < 4.78 is 9.43. The highest BCUT2D eigenvalue weighted by Crippen LogP contribution is 2.25. The van der Waals surface area contributed by atoms with E-state index in [1.807, 2.05) is 0 Å². The van der Waals surface area contributed by atoms with Crippen LogP contribution < -0.4 is 0 Å². The molecule has 2 saturated heterocycles. The fraction of sp³-hybridized carbons (Fsp3) is 0.750. The van der Waals surface area contributed by atoms with Crippen LogP contribution in [0.4, 0.5) is 0 Å². The largest absolute Gasteiger partial charge is 0.464 e. The maximum absolute atomic E-state index is 10.4. The van der Waals surface area contributed by atoms with Crippen molar-refractivity contribution in [3.8, 4) is 0 Å². The predicted molar refractivity (Wildman–Crippen MR) is 71.5 cm³/mol. The Bertz CT molecular complexity index is 192. The molecule has 0 unspecified atom stereocenters. The van der Waals surface area contributed by atoms with Gasteiger partial charge < -0.3 is 9.47 Å². The van der Waals surface area contributed by atoms with E-state index >= 15 is 0 Å². The first-order chi connectivity index (χ1) is 7.79. The number of rotatable bonds is 0. The highest BCUT2D eigenvalue weighted by atomic mass is 33.1. The molecule has 0 atom stereocenters. The van der Waals surface area contributed by atoms with Gasteiger partial charge in [-0.1, -0.05) is 43.2 Å². The molecule has 92 valence electrons.